The van der Waals surface area contributed by atoms with Gasteiger partial charge < -0.3 is 4.98 Å². The Balaban J connectivity index is 1.69. The molecule has 5 rings (SSSR count). The van der Waals surface area contributed by atoms with Gasteiger partial charge in [0.15, 0.2) is 0 Å². The minimum absolute atomic E-state index is 0.215. The molecule has 3 nitrogen and oxygen atoms in total. The molecule has 142 valence electrons. The maximum atomic E-state index is 13.5. The van der Waals surface area contributed by atoms with E-state index in [1.165, 1.54) is 53.8 Å². The van der Waals surface area contributed by atoms with Gasteiger partial charge in [-0.15, -0.1) is 0 Å². The van der Waals surface area contributed by atoms with E-state index in [1.54, 1.807) is 0 Å². The molecule has 2 aliphatic heterocycles. The number of halogens is 1. The average Bonchev–Trinajstić information content (AvgIpc) is 3.37. The van der Waals surface area contributed by atoms with Crippen molar-refractivity contribution in [3.63, 3.8) is 0 Å². The number of rotatable bonds is 3. The molecule has 0 unspecified atom stereocenters. The van der Waals surface area contributed by atoms with Gasteiger partial charge in [-0.1, -0.05) is 5.57 Å². The van der Waals surface area contributed by atoms with Crippen LogP contribution in [0.2, 0.25) is 0 Å². The molecule has 0 bridgehead atoms. The predicted molar refractivity (Wildman–Crippen MR) is 111 cm³/mol. The molecule has 0 aliphatic carbocycles. The molecule has 2 aliphatic rings. The van der Waals surface area contributed by atoms with Crippen molar-refractivity contribution in [2.24, 2.45) is 0 Å². The van der Waals surface area contributed by atoms with Gasteiger partial charge in [0.25, 0.3) is 0 Å². The number of nitrogens with one attached hydrogen (secondary N) is 1. The zero-order valence-corrected chi connectivity index (χ0v) is 16.1. The summed E-state index contributed by atoms with van der Waals surface area (Å²) in [5.41, 5.74) is 8.60. The summed E-state index contributed by atoms with van der Waals surface area (Å²) in [5, 5.41) is 0. The fourth-order valence-corrected chi connectivity index (χ4v) is 4.91. The van der Waals surface area contributed by atoms with Crippen LogP contribution in [-0.4, -0.2) is 34.0 Å². The van der Waals surface area contributed by atoms with Gasteiger partial charge in [0, 0.05) is 42.3 Å². The summed E-state index contributed by atoms with van der Waals surface area (Å²) in [4.78, 5) is 10.3. The lowest BCUT2D eigenvalue weighted by atomic mass is 9.86. The summed E-state index contributed by atoms with van der Waals surface area (Å²) in [7, 11) is 0. The Bertz CT molecular complexity index is 1020. The van der Waals surface area contributed by atoms with E-state index < -0.39 is 0 Å². The standard InChI is InChI=1S/C24H24FN3/c1-16-20(10-14-28-13-2-3-22(16)28)21-15-27-24(18-4-6-19(25)7-5-18)23(21)17-8-11-26-12-9-17/h4-9,11-12,15,22,27H,2-3,10,13-14H2,1H3/t22-/m0/s1. The van der Waals surface area contributed by atoms with Crippen molar-refractivity contribution in [2.75, 3.05) is 13.1 Å². The van der Waals surface area contributed by atoms with Gasteiger partial charge in [-0.25, -0.2) is 4.39 Å². The number of aromatic nitrogens is 2. The van der Waals surface area contributed by atoms with Crippen molar-refractivity contribution in [3.8, 4) is 22.4 Å². The Labute approximate surface area is 164 Å². The van der Waals surface area contributed by atoms with Crippen molar-refractivity contribution in [2.45, 2.75) is 32.2 Å². The molecule has 0 spiro atoms. The highest BCUT2D eigenvalue weighted by Crippen LogP contribution is 2.43. The van der Waals surface area contributed by atoms with E-state index in [0.29, 0.717) is 6.04 Å². The molecule has 0 radical (unpaired) electrons. The van der Waals surface area contributed by atoms with Crippen LogP contribution in [0.25, 0.3) is 28.0 Å². The fourth-order valence-electron chi connectivity index (χ4n) is 4.91. The Morgan fingerprint density at radius 3 is 2.61 bits per heavy atom. The molecule has 2 aromatic heterocycles. The minimum Gasteiger partial charge on any atom is -0.360 e. The van der Waals surface area contributed by atoms with E-state index in [-0.39, 0.29) is 5.82 Å². The van der Waals surface area contributed by atoms with Crippen molar-refractivity contribution in [1.29, 1.82) is 0 Å². The molecule has 1 saturated heterocycles. The van der Waals surface area contributed by atoms with Crippen LogP contribution < -0.4 is 0 Å². The van der Waals surface area contributed by atoms with Crippen molar-refractivity contribution in [3.05, 3.63) is 71.9 Å². The van der Waals surface area contributed by atoms with Gasteiger partial charge >= 0.3 is 0 Å². The monoisotopic (exact) mass is 373 g/mol. The van der Waals surface area contributed by atoms with Gasteiger partial charge in [-0.2, -0.15) is 0 Å². The summed E-state index contributed by atoms with van der Waals surface area (Å²) in [6, 6.07) is 11.4. The second kappa shape index (κ2) is 7.02. The summed E-state index contributed by atoms with van der Waals surface area (Å²) in [5.74, 6) is -0.215. The highest BCUT2D eigenvalue weighted by Gasteiger charge is 2.32. The number of pyridine rings is 1. The molecule has 28 heavy (non-hydrogen) atoms. The summed E-state index contributed by atoms with van der Waals surface area (Å²) in [6.07, 6.45) is 9.43. The summed E-state index contributed by atoms with van der Waals surface area (Å²) >= 11 is 0. The van der Waals surface area contributed by atoms with Crippen molar-refractivity contribution < 1.29 is 4.39 Å². The van der Waals surface area contributed by atoms with Crippen LogP contribution in [-0.2, 0) is 0 Å². The predicted octanol–water partition coefficient (Wildman–Crippen LogP) is 5.52. The summed E-state index contributed by atoms with van der Waals surface area (Å²) in [6.45, 7) is 4.66. The number of H-pyrrole nitrogens is 1. The Hall–Kier alpha value is -2.72. The molecule has 4 heterocycles. The minimum atomic E-state index is -0.215. The first-order valence-corrected chi connectivity index (χ1v) is 10.0. The van der Waals surface area contributed by atoms with Crippen molar-refractivity contribution >= 4 is 5.57 Å². The second-order valence-corrected chi connectivity index (χ2v) is 7.80. The first-order valence-electron chi connectivity index (χ1n) is 10.0. The molecular formula is C24H24FN3. The third kappa shape index (κ3) is 2.89. The lowest BCUT2D eigenvalue weighted by Crippen LogP contribution is -2.35. The fraction of sp³-hybridized carbons (Fsp3) is 0.292. The first kappa shape index (κ1) is 17.4. The van der Waals surface area contributed by atoms with E-state index in [9.17, 15) is 4.39 Å². The van der Waals surface area contributed by atoms with E-state index in [4.69, 9.17) is 0 Å². The van der Waals surface area contributed by atoms with Crippen LogP contribution in [0.3, 0.4) is 0 Å². The lowest BCUT2D eigenvalue weighted by Gasteiger charge is -2.33. The third-order valence-corrected chi connectivity index (χ3v) is 6.30. The van der Waals surface area contributed by atoms with E-state index in [2.05, 4.69) is 40.1 Å². The van der Waals surface area contributed by atoms with Gasteiger partial charge in [0.2, 0.25) is 0 Å². The number of aromatic amines is 1. The highest BCUT2D eigenvalue weighted by molar-refractivity contribution is 5.92. The largest absolute Gasteiger partial charge is 0.360 e. The topological polar surface area (TPSA) is 31.9 Å². The Morgan fingerprint density at radius 1 is 1.04 bits per heavy atom. The molecule has 0 saturated carbocycles. The van der Waals surface area contributed by atoms with Crippen LogP contribution in [0.4, 0.5) is 4.39 Å². The first-order chi connectivity index (χ1) is 13.7. The van der Waals surface area contributed by atoms with Gasteiger partial charge in [-0.05, 0) is 85.8 Å². The molecule has 4 heteroatoms. The molecule has 3 aromatic rings. The van der Waals surface area contributed by atoms with Crippen LogP contribution >= 0.6 is 0 Å². The zero-order valence-electron chi connectivity index (χ0n) is 16.1. The van der Waals surface area contributed by atoms with Crippen LogP contribution in [0.5, 0.6) is 0 Å². The number of hydrogen-bond acceptors (Lipinski definition) is 2. The lowest BCUT2D eigenvalue weighted by molar-refractivity contribution is 0.276. The molecule has 1 fully saturated rings. The Kier molecular flexibility index (Phi) is 4.36. The third-order valence-electron chi connectivity index (χ3n) is 6.30. The molecular weight excluding hydrogens is 349 g/mol. The Morgan fingerprint density at radius 2 is 1.82 bits per heavy atom. The SMILES string of the molecule is CC1=C(c2c[nH]c(-c3ccc(F)cc3)c2-c2ccncc2)CCN2CCC[C@@H]12. The van der Waals surface area contributed by atoms with Gasteiger partial charge in [0.1, 0.15) is 5.82 Å². The molecule has 1 atom stereocenters. The van der Waals surface area contributed by atoms with Crippen molar-refractivity contribution in [1.82, 2.24) is 14.9 Å². The summed E-state index contributed by atoms with van der Waals surface area (Å²) < 4.78 is 13.5. The molecule has 1 aromatic carbocycles. The van der Waals surface area contributed by atoms with E-state index >= 15 is 0 Å². The normalized spacial score (nSPS) is 19.9. The van der Waals surface area contributed by atoms with Gasteiger partial charge in [-0.3, -0.25) is 9.88 Å². The number of fused-ring (bicyclic) bond motifs is 1. The molecule has 1 N–H and O–H groups in total. The highest BCUT2D eigenvalue weighted by atomic mass is 19.1. The van der Waals surface area contributed by atoms with E-state index in [0.717, 1.165) is 29.8 Å². The number of benzene rings is 1. The van der Waals surface area contributed by atoms with E-state index in [1.807, 2.05) is 24.5 Å². The zero-order chi connectivity index (χ0) is 19.1. The second-order valence-electron chi connectivity index (χ2n) is 7.80. The average molecular weight is 373 g/mol. The number of hydrogen-bond donors (Lipinski definition) is 1. The van der Waals surface area contributed by atoms with Crippen LogP contribution in [0.1, 0.15) is 31.7 Å². The van der Waals surface area contributed by atoms with Gasteiger partial charge in [0.05, 0.1) is 5.69 Å². The molecule has 0 amide bonds. The van der Waals surface area contributed by atoms with Crippen LogP contribution in [0, 0.1) is 5.82 Å². The van der Waals surface area contributed by atoms with Crippen LogP contribution in [0.15, 0.2) is 60.6 Å². The number of nitrogens with zero attached hydrogens (tertiary/aromatic N) is 2. The smallest absolute Gasteiger partial charge is 0.123 e. The maximum Gasteiger partial charge on any atom is 0.123 e. The maximum absolute atomic E-state index is 13.5. The quantitative estimate of drug-likeness (QED) is 0.655.